The van der Waals surface area contributed by atoms with Gasteiger partial charge < -0.3 is 9.29 Å². The molecule has 0 amide bonds. The topological polar surface area (TPSA) is 44.3 Å². The van der Waals surface area contributed by atoms with Gasteiger partial charge in [-0.05, 0) is 57.9 Å². The van der Waals surface area contributed by atoms with Crippen LogP contribution in [-0.2, 0) is 11.4 Å². The summed E-state index contributed by atoms with van der Waals surface area (Å²) < 4.78 is 44.2. The number of halogens is 2. The molecule has 1 aromatic rings. The lowest BCUT2D eigenvalue weighted by atomic mass is 10.0. The highest BCUT2D eigenvalue weighted by Crippen LogP contribution is 2.26. The van der Waals surface area contributed by atoms with E-state index in [-0.39, 0.29) is 10.8 Å². The average Bonchev–Trinajstić information content (AvgIpc) is 2.36. The lowest BCUT2D eigenvalue weighted by Crippen LogP contribution is -2.40. The molecule has 0 aliphatic carbocycles. The molecule has 0 saturated heterocycles. The first-order chi connectivity index (χ1) is 9.61. The van der Waals surface area contributed by atoms with E-state index < -0.39 is 24.4 Å². The predicted molar refractivity (Wildman–Crippen MR) is 82.1 cm³/mol. The van der Waals surface area contributed by atoms with Gasteiger partial charge in [0.1, 0.15) is 17.1 Å². The molecule has 21 heavy (non-hydrogen) atoms. The van der Waals surface area contributed by atoms with Gasteiger partial charge in [-0.25, -0.2) is 8.78 Å². The normalized spacial score (nSPS) is 15.1. The Bertz CT molecular complexity index is 463. The summed E-state index contributed by atoms with van der Waals surface area (Å²) >= 11 is -1.20. The first kappa shape index (κ1) is 18.2. The van der Waals surface area contributed by atoms with Gasteiger partial charge in [0.2, 0.25) is 0 Å². The van der Waals surface area contributed by atoms with Crippen LogP contribution in [0.15, 0.2) is 18.2 Å². The number of alkyl halides is 2. The fraction of sp³-hybridized carbons (Fsp3) is 0.600. The van der Waals surface area contributed by atoms with Gasteiger partial charge in [-0.1, -0.05) is 6.07 Å². The van der Waals surface area contributed by atoms with Gasteiger partial charge in [0.05, 0.1) is 6.04 Å². The molecule has 1 unspecified atom stereocenters. The summed E-state index contributed by atoms with van der Waals surface area (Å²) in [6.45, 7) is 8.85. The second-order valence-corrected chi connectivity index (χ2v) is 7.94. The van der Waals surface area contributed by atoms with E-state index in [0.29, 0.717) is 5.75 Å². The summed E-state index contributed by atoms with van der Waals surface area (Å²) in [7, 11) is 0. The third-order valence-electron chi connectivity index (χ3n) is 2.93. The molecule has 1 N–H and O–H groups in total. The fourth-order valence-corrected chi connectivity index (χ4v) is 2.54. The third kappa shape index (κ3) is 5.80. The van der Waals surface area contributed by atoms with Crippen LogP contribution in [0.2, 0.25) is 0 Å². The molecule has 120 valence electrons. The Labute approximate surface area is 128 Å². The van der Waals surface area contributed by atoms with Gasteiger partial charge in [0, 0.05) is 11.4 Å². The van der Waals surface area contributed by atoms with Crippen LogP contribution in [0.3, 0.4) is 0 Å². The predicted octanol–water partition coefficient (Wildman–Crippen LogP) is 3.75. The van der Waals surface area contributed by atoms with Crippen molar-refractivity contribution in [1.29, 1.82) is 0 Å². The number of rotatable bonds is 6. The Morgan fingerprint density at radius 2 is 1.95 bits per heavy atom. The Balaban J connectivity index is 2.83. The number of hydrogen-bond donors (Lipinski definition) is 1. The second kappa shape index (κ2) is 7.42. The smallest absolute Gasteiger partial charge is 0.272 e. The van der Waals surface area contributed by atoms with Crippen molar-refractivity contribution in [2.75, 3.05) is 6.61 Å². The minimum atomic E-state index is -2.50. The number of aryl methyl sites for hydroxylation is 1. The van der Waals surface area contributed by atoms with E-state index in [1.807, 2.05) is 40.7 Å². The van der Waals surface area contributed by atoms with Crippen molar-refractivity contribution in [3.63, 3.8) is 0 Å². The molecule has 1 rings (SSSR count). The van der Waals surface area contributed by atoms with E-state index in [9.17, 15) is 13.3 Å². The highest BCUT2D eigenvalue weighted by atomic mass is 32.2. The minimum absolute atomic E-state index is 0.167. The molecule has 6 heteroatoms. The molecule has 0 aliphatic rings. The Morgan fingerprint density at radius 3 is 2.48 bits per heavy atom. The van der Waals surface area contributed by atoms with E-state index in [1.54, 1.807) is 12.1 Å². The molecule has 1 aromatic carbocycles. The number of benzene rings is 1. The van der Waals surface area contributed by atoms with Crippen LogP contribution in [-0.4, -0.2) is 22.3 Å². The van der Waals surface area contributed by atoms with Crippen LogP contribution in [0.4, 0.5) is 8.78 Å². The fourth-order valence-electron chi connectivity index (χ4n) is 1.73. The molecular formula is C15H23F2NO2S. The molecule has 0 fully saturated rings. The molecule has 0 bridgehead atoms. The van der Waals surface area contributed by atoms with Crippen LogP contribution in [0.5, 0.6) is 5.75 Å². The van der Waals surface area contributed by atoms with Crippen molar-refractivity contribution in [1.82, 2.24) is 4.72 Å². The van der Waals surface area contributed by atoms with E-state index in [4.69, 9.17) is 4.74 Å². The van der Waals surface area contributed by atoms with Gasteiger partial charge in [-0.3, -0.25) is 0 Å². The van der Waals surface area contributed by atoms with Crippen molar-refractivity contribution in [3.8, 4) is 5.75 Å². The van der Waals surface area contributed by atoms with Crippen molar-refractivity contribution in [3.05, 3.63) is 29.3 Å². The zero-order valence-corrected chi connectivity index (χ0v) is 13.9. The lowest BCUT2D eigenvalue weighted by Gasteiger charge is -2.27. The number of nitrogens with one attached hydrogen (secondary N) is 1. The summed E-state index contributed by atoms with van der Waals surface area (Å²) in [5.41, 5.74) is 1.88. The Morgan fingerprint density at radius 1 is 1.33 bits per heavy atom. The van der Waals surface area contributed by atoms with Crippen LogP contribution in [0.25, 0.3) is 0 Å². The first-order valence-electron chi connectivity index (χ1n) is 6.81. The minimum Gasteiger partial charge on any atom is -0.598 e. The van der Waals surface area contributed by atoms with Gasteiger partial charge in [0.25, 0.3) is 6.43 Å². The van der Waals surface area contributed by atoms with Crippen molar-refractivity contribution in [2.24, 2.45) is 0 Å². The Kier molecular flexibility index (Phi) is 6.43. The molecule has 2 atom stereocenters. The molecule has 3 nitrogen and oxygen atoms in total. The summed E-state index contributed by atoms with van der Waals surface area (Å²) in [5.74, 6) is 0.395. The van der Waals surface area contributed by atoms with Gasteiger partial charge in [-0.2, -0.15) is 0 Å². The lowest BCUT2D eigenvalue weighted by molar-refractivity contribution is 0.0818. The monoisotopic (exact) mass is 319 g/mol. The summed E-state index contributed by atoms with van der Waals surface area (Å²) in [6.07, 6.45) is -2.50. The van der Waals surface area contributed by atoms with Gasteiger partial charge in [-0.15, -0.1) is 4.72 Å². The van der Waals surface area contributed by atoms with Crippen molar-refractivity contribution in [2.45, 2.75) is 51.8 Å². The molecule has 0 radical (unpaired) electrons. The quantitative estimate of drug-likeness (QED) is 0.812. The maximum absolute atomic E-state index is 12.2. The molecule has 0 heterocycles. The maximum atomic E-state index is 12.2. The van der Waals surface area contributed by atoms with Crippen molar-refractivity contribution < 1.29 is 18.1 Å². The van der Waals surface area contributed by atoms with Crippen LogP contribution in [0.1, 0.15) is 44.9 Å². The van der Waals surface area contributed by atoms with E-state index in [1.165, 1.54) is 0 Å². The van der Waals surface area contributed by atoms with E-state index >= 15 is 0 Å². The highest BCUT2D eigenvalue weighted by molar-refractivity contribution is 7.90. The highest BCUT2D eigenvalue weighted by Gasteiger charge is 2.28. The maximum Gasteiger partial charge on any atom is 0.272 e. The number of hydrogen-bond acceptors (Lipinski definition) is 3. The zero-order valence-electron chi connectivity index (χ0n) is 13.1. The summed E-state index contributed by atoms with van der Waals surface area (Å²) in [6, 6.07) is 5.03. The molecule has 0 aliphatic heterocycles. The second-order valence-electron chi connectivity index (χ2n) is 5.94. The van der Waals surface area contributed by atoms with Crippen LogP contribution < -0.4 is 9.46 Å². The van der Waals surface area contributed by atoms with E-state index in [0.717, 1.165) is 11.1 Å². The third-order valence-corrected chi connectivity index (χ3v) is 4.61. The van der Waals surface area contributed by atoms with Gasteiger partial charge >= 0.3 is 0 Å². The molecule has 0 spiro atoms. The van der Waals surface area contributed by atoms with Gasteiger partial charge in [0.15, 0.2) is 0 Å². The van der Waals surface area contributed by atoms with Crippen LogP contribution >= 0.6 is 0 Å². The standard InChI is InChI=1S/C15H23F2NO2S/c1-10-6-7-12(20-9-14(16)17)8-13(10)11(2)18-21(19)15(3,4)5/h6-8,11,14,18H,9H2,1-5H3/t11-,21?/m1/s1. The molecule has 0 aromatic heterocycles. The largest absolute Gasteiger partial charge is 0.598 e. The number of ether oxygens (including phenoxy) is 1. The summed E-state index contributed by atoms with van der Waals surface area (Å²) in [5, 5.41) is 0. The molecule has 0 saturated carbocycles. The zero-order chi connectivity index (χ0) is 16.2. The SMILES string of the molecule is Cc1ccc(OCC(F)F)cc1[C@@H](C)N[S+]([O-])C(C)(C)C. The van der Waals surface area contributed by atoms with Crippen LogP contribution in [0, 0.1) is 6.92 Å². The van der Waals surface area contributed by atoms with Crippen molar-refractivity contribution >= 4 is 11.4 Å². The van der Waals surface area contributed by atoms with E-state index in [2.05, 4.69) is 4.72 Å². The Hall–Kier alpha value is -0.850. The first-order valence-corrected chi connectivity index (χ1v) is 7.95. The molecular weight excluding hydrogens is 296 g/mol. The average molecular weight is 319 g/mol. The summed E-state index contributed by atoms with van der Waals surface area (Å²) in [4.78, 5) is 0.